The molecule has 0 aliphatic rings. The van der Waals surface area contributed by atoms with Crippen molar-refractivity contribution in [1.82, 2.24) is 14.7 Å². The summed E-state index contributed by atoms with van der Waals surface area (Å²) in [7, 11) is 0. The van der Waals surface area contributed by atoms with E-state index in [4.69, 9.17) is 21.1 Å². The lowest BCUT2D eigenvalue weighted by molar-refractivity contribution is -0.120. The number of hydrogen-bond acceptors (Lipinski definition) is 5. The lowest BCUT2D eigenvalue weighted by Gasteiger charge is -2.09. The van der Waals surface area contributed by atoms with Crippen LogP contribution in [0.4, 0.5) is 0 Å². The number of nitrogens with zero attached hydrogens (tertiary/aromatic N) is 2. The van der Waals surface area contributed by atoms with Gasteiger partial charge >= 0.3 is 0 Å². The standard InChI is InChI=1S/C23H22ClN3O3S/c1-2-29-19-7-9-20(10-8-19)30-12-11-25-22(28)13-18-15-31-23-26-21(14-27(18)23)16-3-5-17(24)6-4-16/h3-10,14-15H,2,11-13H2,1H3,(H,25,28). The van der Waals surface area contributed by atoms with Gasteiger partial charge in [-0.05, 0) is 43.3 Å². The number of fused-ring (bicyclic) bond motifs is 1. The predicted molar refractivity (Wildman–Crippen MR) is 123 cm³/mol. The molecule has 4 rings (SSSR count). The van der Waals surface area contributed by atoms with Crippen LogP contribution in [0.1, 0.15) is 12.6 Å². The van der Waals surface area contributed by atoms with E-state index in [0.29, 0.717) is 24.8 Å². The van der Waals surface area contributed by atoms with Gasteiger partial charge in [-0.25, -0.2) is 4.98 Å². The van der Waals surface area contributed by atoms with Gasteiger partial charge in [-0.3, -0.25) is 9.20 Å². The van der Waals surface area contributed by atoms with Gasteiger partial charge in [0.2, 0.25) is 5.91 Å². The summed E-state index contributed by atoms with van der Waals surface area (Å²) in [6.07, 6.45) is 2.23. The van der Waals surface area contributed by atoms with E-state index in [1.807, 2.05) is 71.4 Å². The molecule has 1 N–H and O–H groups in total. The van der Waals surface area contributed by atoms with Gasteiger partial charge < -0.3 is 14.8 Å². The Labute approximate surface area is 189 Å². The molecular formula is C23H22ClN3O3S. The normalized spacial score (nSPS) is 10.9. The van der Waals surface area contributed by atoms with Crippen LogP contribution in [0, 0.1) is 0 Å². The first-order chi connectivity index (χ1) is 15.1. The van der Waals surface area contributed by atoms with Gasteiger partial charge in [-0.1, -0.05) is 23.7 Å². The lowest BCUT2D eigenvalue weighted by Crippen LogP contribution is -2.29. The van der Waals surface area contributed by atoms with Crippen molar-refractivity contribution >= 4 is 33.8 Å². The number of benzene rings is 2. The molecule has 0 radical (unpaired) electrons. The van der Waals surface area contributed by atoms with E-state index in [9.17, 15) is 4.79 Å². The SMILES string of the molecule is CCOc1ccc(OCCNC(=O)Cc2csc3nc(-c4ccc(Cl)cc4)cn23)cc1. The number of imidazole rings is 1. The maximum Gasteiger partial charge on any atom is 0.226 e. The number of nitrogens with one attached hydrogen (secondary N) is 1. The Bertz CT molecular complexity index is 1150. The van der Waals surface area contributed by atoms with Gasteiger partial charge in [0.1, 0.15) is 18.1 Å². The molecule has 31 heavy (non-hydrogen) atoms. The smallest absolute Gasteiger partial charge is 0.226 e. The molecule has 4 aromatic rings. The number of rotatable bonds is 9. The molecule has 0 aliphatic carbocycles. The summed E-state index contributed by atoms with van der Waals surface area (Å²) in [5.74, 6) is 1.49. The number of ether oxygens (including phenoxy) is 2. The maximum absolute atomic E-state index is 12.4. The average Bonchev–Trinajstić information content (AvgIpc) is 3.35. The van der Waals surface area contributed by atoms with E-state index in [1.165, 1.54) is 11.3 Å². The van der Waals surface area contributed by atoms with Crippen LogP contribution in [0.5, 0.6) is 11.5 Å². The third kappa shape index (κ3) is 5.37. The number of aromatic nitrogens is 2. The largest absolute Gasteiger partial charge is 0.494 e. The van der Waals surface area contributed by atoms with Gasteiger partial charge in [0, 0.05) is 27.9 Å². The molecule has 6 nitrogen and oxygen atoms in total. The monoisotopic (exact) mass is 455 g/mol. The van der Waals surface area contributed by atoms with Crippen molar-refractivity contribution in [3.05, 3.63) is 70.8 Å². The van der Waals surface area contributed by atoms with Crippen LogP contribution in [0.3, 0.4) is 0 Å². The summed E-state index contributed by atoms with van der Waals surface area (Å²) >= 11 is 7.48. The molecule has 0 fully saturated rings. The van der Waals surface area contributed by atoms with Crippen LogP contribution in [0.25, 0.3) is 16.2 Å². The minimum atomic E-state index is -0.0586. The molecule has 2 aromatic heterocycles. The maximum atomic E-state index is 12.4. The zero-order chi connectivity index (χ0) is 21.6. The second kappa shape index (κ2) is 9.85. The van der Waals surface area contributed by atoms with E-state index in [-0.39, 0.29) is 12.3 Å². The zero-order valence-corrected chi connectivity index (χ0v) is 18.6. The average molecular weight is 456 g/mol. The first-order valence-corrected chi connectivity index (χ1v) is 11.2. The number of amides is 1. The molecule has 0 aliphatic heterocycles. The van der Waals surface area contributed by atoms with Crippen LogP contribution in [0.2, 0.25) is 5.02 Å². The highest BCUT2D eigenvalue weighted by molar-refractivity contribution is 7.15. The Hall–Kier alpha value is -3.03. The van der Waals surface area contributed by atoms with Crippen molar-refractivity contribution in [3.63, 3.8) is 0 Å². The van der Waals surface area contributed by atoms with Crippen LogP contribution in [-0.4, -0.2) is 35.1 Å². The Kier molecular flexibility index (Phi) is 6.74. The van der Waals surface area contributed by atoms with Crippen LogP contribution >= 0.6 is 22.9 Å². The van der Waals surface area contributed by atoms with Crippen molar-refractivity contribution in [1.29, 1.82) is 0 Å². The second-order valence-corrected chi connectivity index (χ2v) is 8.07. The van der Waals surface area contributed by atoms with Crippen molar-refractivity contribution < 1.29 is 14.3 Å². The molecule has 2 heterocycles. The fraction of sp³-hybridized carbons (Fsp3) is 0.217. The molecule has 0 atom stereocenters. The molecule has 0 spiro atoms. The first-order valence-electron chi connectivity index (χ1n) is 9.96. The first kappa shape index (κ1) is 21.2. The van der Waals surface area contributed by atoms with Crippen molar-refractivity contribution in [2.45, 2.75) is 13.3 Å². The van der Waals surface area contributed by atoms with Gasteiger partial charge in [-0.15, -0.1) is 11.3 Å². The van der Waals surface area contributed by atoms with Gasteiger partial charge in [-0.2, -0.15) is 0 Å². The third-order valence-corrected chi connectivity index (χ3v) is 5.73. The zero-order valence-electron chi connectivity index (χ0n) is 17.0. The molecule has 0 saturated carbocycles. The Balaban J connectivity index is 1.28. The highest BCUT2D eigenvalue weighted by Crippen LogP contribution is 2.25. The molecule has 160 valence electrons. The van der Waals surface area contributed by atoms with Crippen LogP contribution in [0.15, 0.2) is 60.1 Å². The van der Waals surface area contributed by atoms with Gasteiger partial charge in [0.25, 0.3) is 0 Å². The van der Waals surface area contributed by atoms with E-state index >= 15 is 0 Å². The fourth-order valence-electron chi connectivity index (χ4n) is 3.10. The number of thiazole rings is 1. The second-order valence-electron chi connectivity index (χ2n) is 6.79. The topological polar surface area (TPSA) is 64.9 Å². The van der Waals surface area contributed by atoms with E-state index in [2.05, 4.69) is 10.3 Å². The molecule has 1 amide bonds. The number of carbonyl (C=O) groups is 1. The van der Waals surface area contributed by atoms with E-state index in [0.717, 1.165) is 33.4 Å². The third-order valence-electron chi connectivity index (χ3n) is 4.59. The van der Waals surface area contributed by atoms with Crippen molar-refractivity contribution in [2.24, 2.45) is 0 Å². The molecule has 2 aromatic carbocycles. The number of carbonyl (C=O) groups excluding carboxylic acids is 1. The number of hydrogen-bond donors (Lipinski definition) is 1. The van der Waals surface area contributed by atoms with Crippen LogP contribution in [-0.2, 0) is 11.2 Å². The summed E-state index contributed by atoms with van der Waals surface area (Å²) < 4.78 is 13.0. The summed E-state index contributed by atoms with van der Waals surface area (Å²) in [6, 6.07) is 15.0. The Morgan fingerprint density at radius 1 is 1.10 bits per heavy atom. The summed E-state index contributed by atoms with van der Waals surface area (Å²) in [6.45, 7) is 3.40. The molecule has 0 bridgehead atoms. The van der Waals surface area contributed by atoms with Crippen molar-refractivity contribution in [3.8, 4) is 22.8 Å². The van der Waals surface area contributed by atoms with E-state index < -0.39 is 0 Å². The Morgan fingerprint density at radius 2 is 1.81 bits per heavy atom. The molecular weight excluding hydrogens is 434 g/mol. The number of halogens is 1. The highest BCUT2D eigenvalue weighted by atomic mass is 35.5. The molecule has 0 saturated heterocycles. The van der Waals surface area contributed by atoms with Crippen LogP contribution < -0.4 is 14.8 Å². The van der Waals surface area contributed by atoms with Gasteiger partial charge in [0.05, 0.1) is 25.3 Å². The molecule has 0 unspecified atom stereocenters. The van der Waals surface area contributed by atoms with E-state index in [1.54, 1.807) is 0 Å². The fourth-order valence-corrected chi connectivity index (χ4v) is 4.10. The summed E-state index contributed by atoms with van der Waals surface area (Å²) in [5, 5.41) is 5.55. The highest BCUT2D eigenvalue weighted by Gasteiger charge is 2.12. The van der Waals surface area contributed by atoms with Gasteiger partial charge in [0.15, 0.2) is 4.96 Å². The minimum absolute atomic E-state index is 0.0586. The minimum Gasteiger partial charge on any atom is -0.494 e. The predicted octanol–water partition coefficient (Wildman–Crippen LogP) is 4.85. The summed E-state index contributed by atoms with van der Waals surface area (Å²) in [5.41, 5.74) is 2.74. The van der Waals surface area contributed by atoms with Crippen molar-refractivity contribution in [2.75, 3.05) is 19.8 Å². The Morgan fingerprint density at radius 3 is 2.52 bits per heavy atom. The molecule has 8 heteroatoms. The lowest BCUT2D eigenvalue weighted by atomic mass is 10.2. The quantitative estimate of drug-likeness (QED) is 0.366. The summed E-state index contributed by atoms with van der Waals surface area (Å²) in [4.78, 5) is 17.9.